The number of benzene rings is 3. The van der Waals surface area contributed by atoms with Crippen LogP contribution in [0.4, 0.5) is 15.8 Å². The number of rotatable bonds is 8. The van der Waals surface area contributed by atoms with Crippen molar-refractivity contribution in [2.24, 2.45) is 5.92 Å². The van der Waals surface area contributed by atoms with Crippen LogP contribution in [0, 0.1) is 11.7 Å². The average Bonchev–Trinajstić information content (AvgIpc) is 2.91. The minimum Gasteiger partial charge on any atom is -0.345 e. The van der Waals surface area contributed by atoms with E-state index >= 15 is 0 Å². The maximum atomic E-state index is 14.4. The van der Waals surface area contributed by atoms with Crippen molar-refractivity contribution in [1.82, 2.24) is 5.32 Å². The van der Waals surface area contributed by atoms with Gasteiger partial charge in [-0.15, -0.1) is 0 Å². The van der Waals surface area contributed by atoms with Gasteiger partial charge in [-0.05, 0) is 48.7 Å². The van der Waals surface area contributed by atoms with Gasteiger partial charge in [0, 0.05) is 17.2 Å². The number of carbonyl (C=O) groups excluding carboxylic acids is 3. The molecule has 36 heavy (non-hydrogen) atoms. The molecule has 7 heteroatoms. The SMILES string of the molecule is O=C(CC(NC(=O)c1ccccc1)c1ccccc1)Nc1ccc(F)c(NC(=O)C2CCCCC2)c1. The fourth-order valence-electron chi connectivity index (χ4n) is 4.46. The molecule has 0 spiro atoms. The molecule has 0 radical (unpaired) electrons. The van der Waals surface area contributed by atoms with Crippen LogP contribution in [0.5, 0.6) is 0 Å². The predicted molar refractivity (Wildman–Crippen MR) is 138 cm³/mol. The van der Waals surface area contributed by atoms with E-state index in [1.54, 1.807) is 24.3 Å². The topological polar surface area (TPSA) is 87.3 Å². The molecule has 4 rings (SSSR count). The molecule has 3 aromatic carbocycles. The van der Waals surface area contributed by atoms with Gasteiger partial charge in [0.05, 0.1) is 18.2 Å². The molecule has 1 atom stereocenters. The number of anilines is 2. The smallest absolute Gasteiger partial charge is 0.251 e. The van der Waals surface area contributed by atoms with Crippen LogP contribution in [0.25, 0.3) is 0 Å². The Bertz CT molecular complexity index is 1190. The lowest BCUT2D eigenvalue weighted by atomic mass is 9.88. The number of hydrogen-bond acceptors (Lipinski definition) is 3. The summed E-state index contributed by atoms with van der Waals surface area (Å²) in [6.07, 6.45) is 4.71. The van der Waals surface area contributed by atoms with Gasteiger partial charge in [0.2, 0.25) is 11.8 Å². The number of carbonyl (C=O) groups is 3. The van der Waals surface area contributed by atoms with Gasteiger partial charge in [-0.1, -0.05) is 67.8 Å². The lowest BCUT2D eigenvalue weighted by molar-refractivity contribution is -0.120. The van der Waals surface area contributed by atoms with Gasteiger partial charge in [0.1, 0.15) is 5.82 Å². The number of hydrogen-bond donors (Lipinski definition) is 3. The third kappa shape index (κ3) is 6.78. The fourth-order valence-corrected chi connectivity index (χ4v) is 4.46. The summed E-state index contributed by atoms with van der Waals surface area (Å²) in [7, 11) is 0. The molecule has 0 heterocycles. The molecule has 1 fully saturated rings. The molecule has 1 aliphatic rings. The van der Waals surface area contributed by atoms with Crippen molar-refractivity contribution < 1.29 is 18.8 Å². The lowest BCUT2D eigenvalue weighted by Crippen LogP contribution is -2.31. The summed E-state index contributed by atoms with van der Waals surface area (Å²) in [5.74, 6) is -1.50. The Balaban J connectivity index is 1.43. The zero-order valence-electron chi connectivity index (χ0n) is 20.0. The van der Waals surface area contributed by atoms with E-state index < -0.39 is 11.9 Å². The van der Waals surface area contributed by atoms with E-state index in [1.165, 1.54) is 18.2 Å². The van der Waals surface area contributed by atoms with Crippen LogP contribution < -0.4 is 16.0 Å². The summed E-state index contributed by atoms with van der Waals surface area (Å²) < 4.78 is 14.4. The maximum absolute atomic E-state index is 14.4. The first-order valence-corrected chi connectivity index (χ1v) is 12.3. The molecule has 0 bridgehead atoms. The van der Waals surface area contributed by atoms with Gasteiger partial charge < -0.3 is 16.0 Å². The first-order valence-electron chi connectivity index (χ1n) is 12.3. The second kappa shape index (κ2) is 12.1. The van der Waals surface area contributed by atoms with Gasteiger partial charge >= 0.3 is 0 Å². The molecular formula is C29H30FN3O3. The zero-order valence-corrected chi connectivity index (χ0v) is 20.0. The van der Waals surface area contributed by atoms with Crippen molar-refractivity contribution in [3.8, 4) is 0 Å². The zero-order chi connectivity index (χ0) is 25.3. The van der Waals surface area contributed by atoms with Crippen LogP contribution in [0.15, 0.2) is 78.9 Å². The van der Waals surface area contributed by atoms with E-state index in [4.69, 9.17) is 0 Å². The number of nitrogens with one attached hydrogen (secondary N) is 3. The summed E-state index contributed by atoms with van der Waals surface area (Å²) in [5.41, 5.74) is 1.69. The van der Waals surface area contributed by atoms with Gasteiger partial charge in [-0.2, -0.15) is 0 Å². The van der Waals surface area contributed by atoms with Crippen LogP contribution >= 0.6 is 0 Å². The molecule has 1 unspecified atom stereocenters. The van der Waals surface area contributed by atoms with E-state index in [9.17, 15) is 18.8 Å². The van der Waals surface area contributed by atoms with Crippen molar-refractivity contribution >= 4 is 29.1 Å². The second-order valence-electron chi connectivity index (χ2n) is 9.07. The standard InChI is InChI=1S/C29H30FN3O3/c30-24-17-16-23(18-26(24)33-29(36)22-14-8-3-9-15-22)31-27(34)19-25(20-10-4-1-5-11-20)32-28(35)21-12-6-2-7-13-21/h1-2,4-7,10-13,16-18,22,25H,3,8-9,14-15,19H2,(H,31,34)(H,32,35)(H,33,36). The third-order valence-corrected chi connectivity index (χ3v) is 6.42. The van der Waals surface area contributed by atoms with Crippen LogP contribution in [0.3, 0.4) is 0 Å². The Morgan fingerprint density at radius 1 is 0.833 bits per heavy atom. The van der Waals surface area contributed by atoms with E-state index in [0.717, 1.165) is 37.7 Å². The molecule has 1 saturated carbocycles. The van der Waals surface area contributed by atoms with Crippen LogP contribution in [0.1, 0.15) is 60.5 Å². The molecule has 0 aromatic heterocycles. The Labute approximate surface area is 210 Å². The molecule has 0 saturated heterocycles. The summed E-state index contributed by atoms with van der Waals surface area (Å²) in [6.45, 7) is 0. The van der Waals surface area contributed by atoms with Crippen molar-refractivity contribution in [3.63, 3.8) is 0 Å². The maximum Gasteiger partial charge on any atom is 0.251 e. The summed E-state index contributed by atoms with van der Waals surface area (Å²) >= 11 is 0. The Morgan fingerprint density at radius 3 is 2.19 bits per heavy atom. The van der Waals surface area contributed by atoms with Crippen LogP contribution in [0.2, 0.25) is 0 Å². The molecular weight excluding hydrogens is 457 g/mol. The van der Waals surface area contributed by atoms with Crippen molar-refractivity contribution in [2.75, 3.05) is 10.6 Å². The van der Waals surface area contributed by atoms with E-state index in [-0.39, 0.29) is 35.7 Å². The number of amides is 3. The van der Waals surface area contributed by atoms with Crippen molar-refractivity contribution in [1.29, 1.82) is 0 Å². The largest absolute Gasteiger partial charge is 0.345 e. The highest BCUT2D eigenvalue weighted by Crippen LogP contribution is 2.27. The molecule has 3 aromatic rings. The summed E-state index contributed by atoms with van der Waals surface area (Å²) in [6, 6.07) is 21.6. The first-order chi connectivity index (χ1) is 17.5. The van der Waals surface area contributed by atoms with E-state index in [2.05, 4.69) is 16.0 Å². The number of halogens is 1. The van der Waals surface area contributed by atoms with Gasteiger partial charge in [0.25, 0.3) is 5.91 Å². The van der Waals surface area contributed by atoms with E-state index in [0.29, 0.717) is 11.3 Å². The Hall–Kier alpha value is -4.00. The molecule has 0 aliphatic heterocycles. The Kier molecular flexibility index (Phi) is 8.44. The Morgan fingerprint density at radius 2 is 1.50 bits per heavy atom. The fraction of sp³-hybridized carbons (Fsp3) is 0.276. The molecule has 3 N–H and O–H groups in total. The average molecular weight is 488 g/mol. The minimum absolute atomic E-state index is 0.0241. The van der Waals surface area contributed by atoms with Crippen molar-refractivity contribution in [2.45, 2.75) is 44.6 Å². The summed E-state index contributed by atoms with van der Waals surface area (Å²) in [4.78, 5) is 38.3. The molecule has 1 aliphatic carbocycles. The molecule has 3 amide bonds. The monoisotopic (exact) mass is 487 g/mol. The van der Waals surface area contributed by atoms with Gasteiger partial charge in [0.15, 0.2) is 0 Å². The molecule has 6 nitrogen and oxygen atoms in total. The first kappa shape index (κ1) is 25.1. The van der Waals surface area contributed by atoms with Crippen LogP contribution in [-0.4, -0.2) is 17.7 Å². The van der Waals surface area contributed by atoms with Crippen LogP contribution in [-0.2, 0) is 9.59 Å². The lowest BCUT2D eigenvalue weighted by Gasteiger charge is -2.21. The normalized spacial score (nSPS) is 14.5. The van der Waals surface area contributed by atoms with E-state index in [1.807, 2.05) is 36.4 Å². The highest BCUT2D eigenvalue weighted by molar-refractivity contribution is 5.97. The predicted octanol–water partition coefficient (Wildman–Crippen LogP) is 5.84. The van der Waals surface area contributed by atoms with Gasteiger partial charge in [-0.25, -0.2) is 4.39 Å². The third-order valence-electron chi connectivity index (χ3n) is 6.42. The second-order valence-corrected chi connectivity index (χ2v) is 9.07. The highest BCUT2D eigenvalue weighted by Gasteiger charge is 2.23. The molecule has 186 valence electrons. The quantitative estimate of drug-likeness (QED) is 0.373. The highest BCUT2D eigenvalue weighted by atomic mass is 19.1. The summed E-state index contributed by atoms with van der Waals surface area (Å²) in [5, 5.41) is 8.38. The van der Waals surface area contributed by atoms with Gasteiger partial charge in [-0.3, -0.25) is 14.4 Å². The minimum atomic E-state index is -0.565. The van der Waals surface area contributed by atoms with Crippen molar-refractivity contribution in [3.05, 3.63) is 95.8 Å².